The highest BCUT2D eigenvalue weighted by Gasteiger charge is 2.33. The van der Waals surface area contributed by atoms with Gasteiger partial charge >= 0.3 is 0 Å². The molecule has 1 rings (SSSR count). The van der Waals surface area contributed by atoms with Crippen LogP contribution in [-0.2, 0) is 5.54 Å². The van der Waals surface area contributed by atoms with Crippen LogP contribution < -0.4 is 5.32 Å². The molecule has 0 aliphatic heterocycles. The Bertz CT molecular complexity index is 308. The molecule has 0 aliphatic rings. The molecule has 0 fully saturated rings. The SMILES string of the molecule is CCNC(C)(c1nc(C)cs1)C(C)CC. The molecule has 0 saturated carbocycles. The molecule has 1 N–H and O–H groups in total. The van der Waals surface area contributed by atoms with E-state index in [1.807, 2.05) is 0 Å². The van der Waals surface area contributed by atoms with Gasteiger partial charge in [-0.1, -0.05) is 27.2 Å². The number of aryl methyl sites for hydroxylation is 1. The van der Waals surface area contributed by atoms with Crippen LogP contribution in [0.3, 0.4) is 0 Å². The molecule has 0 amide bonds. The third-order valence-electron chi connectivity index (χ3n) is 3.21. The lowest BCUT2D eigenvalue weighted by Gasteiger charge is -2.34. The minimum Gasteiger partial charge on any atom is -0.306 e. The van der Waals surface area contributed by atoms with Gasteiger partial charge < -0.3 is 5.32 Å². The number of hydrogen-bond acceptors (Lipinski definition) is 3. The number of hydrogen-bond donors (Lipinski definition) is 1. The number of thiazole rings is 1. The van der Waals surface area contributed by atoms with Gasteiger partial charge in [0.2, 0.25) is 0 Å². The minimum atomic E-state index is 0.0302. The highest BCUT2D eigenvalue weighted by molar-refractivity contribution is 7.09. The molecule has 3 heteroatoms. The van der Waals surface area contributed by atoms with Gasteiger partial charge in [-0.05, 0) is 26.3 Å². The Morgan fingerprint density at radius 2 is 2.20 bits per heavy atom. The molecule has 86 valence electrons. The van der Waals surface area contributed by atoms with E-state index >= 15 is 0 Å². The smallest absolute Gasteiger partial charge is 0.113 e. The molecule has 2 nitrogen and oxygen atoms in total. The predicted octanol–water partition coefficient (Wildman–Crippen LogP) is 3.32. The van der Waals surface area contributed by atoms with Crippen LogP contribution in [0.1, 0.15) is 44.8 Å². The predicted molar refractivity (Wildman–Crippen MR) is 67.3 cm³/mol. The van der Waals surface area contributed by atoms with Crippen molar-refractivity contribution in [2.45, 2.75) is 46.6 Å². The summed E-state index contributed by atoms with van der Waals surface area (Å²) in [7, 11) is 0. The maximum absolute atomic E-state index is 4.63. The van der Waals surface area contributed by atoms with Crippen LogP contribution >= 0.6 is 11.3 Å². The Balaban J connectivity index is 3.00. The maximum atomic E-state index is 4.63. The van der Waals surface area contributed by atoms with Gasteiger partial charge in [0.05, 0.1) is 5.54 Å². The first kappa shape index (κ1) is 12.7. The fraction of sp³-hybridized carbons (Fsp3) is 0.750. The fourth-order valence-corrected chi connectivity index (χ4v) is 2.88. The van der Waals surface area contributed by atoms with Crippen molar-refractivity contribution in [2.24, 2.45) is 5.92 Å². The standard InChI is InChI=1S/C12H22N2S/c1-6-9(3)12(5,13-7-2)11-14-10(4)8-15-11/h8-9,13H,6-7H2,1-5H3. The van der Waals surface area contributed by atoms with Crippen molar-refractivity contribution in [2.75, 3.05) is 6.54 Å². The van der Waals surface area contributed by atoms with E-state index in [2.05, 4.69) is 50.3 Å². The first-order valence-corrected chi connectivity index (χ1v) is 6.60. The molecule has 0 bridgehead atoms. The Labute approximate surface area is 97.1 Å². The molecule has 0 radical (unpaired) electrons. The largest absolute Gasteiger partial charge is 0.306 e. The van der Waals surface area contributed by atoms with Crippen molar-refractivity contribution in [1.82, 2.24) is 10.3 Å². The number of aromatic nitrogens is 1. The molecular weight excluding hydrogens is 204 g/mol. The molecule has 1 heterocycles. The maximum Gasteiger partial charge on any atom is 0.113 e. The summed E-state index contributed by atoms with van der Waals surface area (Å²) in [6, 6.07) is 0. The molecule has 2 unspecified atom stereocenters. The van der Waals surface area contributed by atoms with Crippen LogP contribution in [0.25, 0.3) is 0 Å². The van der Waals surface area contributed by atoms with Crippen LogP contribution in [0, 0.1) is 12.8 Å². The summed E-state index contributed by atoms with van der Waals surface area (Å²) in [5.74, 6) is 0.600. The van der Waals surface area contributed by atoms with E-state index in [9.17, 15) is 0 Å². The monoisotopic (exact) mass is 226 g/mol. The van der Waals surface area contributed by atoms with Crippen molar-refractivity contribution >= 4 is 11.3 Å². The molecule has 2 atom stereocenters. The van der Waals surface area contributed by atoms with Gasteiger partial charge in [0.1, 0.15) is 5.01 Å². The molecule has 0 spiro atoms. The van der Waals surface area contributed by atoms with Crippen molar-refractivity contribution in [1.29, 1.82) is 0 Å². The first-order chi connectivity index (χ1) is 7.04. The van der Waals surface area contributed by atoms with Gasteiger partial charge in [0, 0.05) is 11.1 Å². The average Bonchev–Trinajstić information content (AvgIpc) is 2.64. The molecule has 1 aromatic heterocycles. The highest BCUT2D eigenvalue weighted by Crippen LogP contribution is 2.33. The summed E-state index contributed by atoms with van der Waals surface area (Å²) in [5.41, 5.74) is 1.16. The molecule has 0 aromatic carbocycles. The van der Waals surface area contributed by atoms with Gasteiger partial charge in [-0.3, -0.25) is 0 Å². The van der Waals surface area contributed by atoms with Crippen LogP contribution in [0.4, 0.5) is 0 Å². The van der Waals surface area contributed by atoms with Gasteiger partial charge in [0.25, 0.3) is 0 Å². The number of nitrogens with one attached hydrogen (secondary N) is 1. The highest BCUT2D eigenvalue weighted by atomic mass is 32.1. The Hall–Kier alpha value is -0.410. The second-order valence-corrected chi connectivity index (χ2v) is 5.19. The summed E-state index contributed by atoms with van der Waals surface area (Å²) in [6.45, 7) is 12.0. The quantitative estimate of drug-likeness (QED) is 0.833. The Morgan fingerprint density at radius 3 is 2.60 bits per heavy atom. The van der Waals surface area contributed by atoms with E-state index < -0.39 is 0 Å². The van der Waals surface area contributed by atoms with Crippen LogP contribution in [0.2, 0.25) is 0 Å². The van der Waals surface area contributed by atoms with Crippen LogP contribution in [0.15, 0.2) is 5.38 Å². The average molecular weight is 226 g/mol. The van der Waals surface area contributed by atoms with E-state index in [1.165, 1.54) is 11.4 Å². The summed E-state index contributed by atoms with van der Waals surface area (Å²) in [5, 5.41) is 6.94. The van der Waals surface area contributed by atoms with E-state index in [0.717, 1.165) is 12.2 Å². The van der Waals surface area contributed by atoms with Crippen molar-refractivity contribution < 1.29 is 0 Å². The summed E-state index contributed by atoms with van der Waals surface area (Å²) in [6.07, 6.45) is 1.17. The van der Waals surface area contributed by atoms with E-state index in [-0.39, 0.29) is 5.54 Å². The third kappa shape index (κ3) is 2.58. The summed E-state index contributed by atoms with van der Waals surface area (Å²) >= 11 is 1.77. The van der Waals surface area contributed by atoms with E-state index in [1.54, 1.807) is 11.3 Å². The Kier molecular flexibility index (Phi) is 4.29. The lowest BCUT2D eigenvalue weighted by molar-refractivity contribution is 0.245. The minimum absolute atomic E-state index is 0.0302. The zero-order valence-electron chi connectivity index (χ0n) is 10.4. The lowest BCUT2D eigenvalue weighted by Crippen LogP contribution is -2.44. The van der Waals surface area contributed by atoms with E-state index in [4.69, 9.17) is 0 Å². The van der Waals surface area contributed by atoms with Crippen LogP contribution in [0.5, 0.6) is 0 Å². The van der Waals surface area contributed by atoms with Gasteiger partial charge in [0.15, 0.2) is 0 Å². The molecule has 0 saturated heterocycles. The second kappa shape index (κ2) is 5.08. The Morgan fingerprint density at radius 1 is 1.53 bits per heavy atom. The van der Waals surface area contributed by atoms with Gasteiger partial charge in [-0.2, -0.15) is 0 Å². The molecule has 15 heavy (non-hydrogen) atoms. The normalized spacial score (nSPS) is 17.4. The molecular formula is C12H22N2S. The van der Waals surface area contributed by atoms with Crippen molar-refractivity contribution in [3.8, 4) is 0 Å². The first-order valence-electron chi connectivity index (χ1n) is 5.72. The van der Waals surface area contributed by atoms with Gasteiger partial charge in [-0.15, -0.1) is 11.3 Å². The molecule has 0 aliphatic carbocycles. The van der Waals surface area contributed by atoms with Crippen LogP contribution in [-0.4, -0.2) is 11.5 Å². The van der Waals surface area contributed by atoms with E-state index in [0.29, 0.717) is 5.92 Å². The number of rotatable bonds is 5. The third-order valence-corrected chi connectivity index (χ3v) is 4.40. The van der Waals surface area contributed by atoms with Crippen molar-refractivity contribution in [3.05, 3.63) is 16.1 Å². The lowest BCUT2D eigenvalue weighted by atomic mass is 9.85. The summed E-state index contributed by atoms with van der Waals surface area (Å²) < 4.78 is 0. The zero-order valence-corrected chi connectivity index (χ0v) is 11.2. The summed E-state index contributed by atoms with van der Waals surface area (Å²) in [4.78, 5) is 4.63. The number of nitrogens with zero attached hydrogens (tertiary/aromatic N) is 1. The molecule has 1 aromatic rings. The zero-order chi connectivity index (χ0) is 11.5. The van der Waals surface area contributed by atoms with Gasteiger partial charge in [-0.25, -0.2) is 4.98 Å². The fourth-order valence-electron chi connectivity index (χ4n) is 1.83. The van der Waals surface area contributed by atoms with Crippen molar-refractivity contribution in [3.63, 3.8) is 0 Å². The topological polar surface area (TPSA) is 24.9 Å². The second-order valence-electron chi connectivity index (χ2n) is 4.34.